The van der Waals surface area contributed by atoms with Crippen molar-refractivity contribution < 1.29 is 4.79 Å². The number of urea groups is 1. The van der Waals surface area contributed by atoms with E-state index in [0.29, 0.717) is 19.0 Å². The average Bonchev–Trinajstić information content (AvgIpc) is 2.28. The molecule has 1 aliphatic heterocycles. The molecule has 0 aromatic carbocycles. The van der Waals surface area contributed by atoms with Crippen LogP contribution in [0.1, 0.15) is 33.1 Å². The minimum Gasteiger partial charge on any atom is -0.329 e. The Morgan fingerprint density at radius 3 is 2.81 bits per heavy atom. The van der Waals surface area contributed by atoms with Crippen molar-refractivity contribution in [3.63, 3.8) is 0 Å². The summed E-state index contributed by atoms with van der Waals surface area (Å²) in [6, 6.07) is 0.179. The summed E-state index contributed by atoms with van der Waals surface area (Å²) in [6.45, 7) is 8.17. The van der Waals surface area contributed by atoms with Crippen molar-refractivity contribution in [2.75, 3.05) is 32.7 Å². The maximum atomic E-state index is 12.2. The minimum absolute atomic E-state index is 0.179. The van der Waals surface area contributed by atoms with E-state index >= 15 is 0 Å². The van der Waals surface area contributed by atoms with Crippen molar-refractivity contribution in [1.29, 1.82) is 0 Å². The topological polar surface area (TPSA) is 49.6 Å². The molecule has 94 valence electrons. The molecule has 0 aromatic rings. The molecule has 1 rings (SSSR count). The van der Waals surface area contributed by atoms with Gasteiger partial charge in [0, 0.05) is 32.7 Å². The monoisotopic (exact) mass is 227 g/mol. The summed E-state index contributed by atoms with van der Waals surface area (Å²) in [5.41, 5.74) is 5.54. The summed E-state index contributed by atoms with van der Waals surface area (Å²) in [4.78, 5) is 16.1. The second-order valence-electron chi connectivity index (χ2n) is 4.75. The lowest BCUT2D eigenvalue weighted by Crippen LogP contribution is -2.48. The Balaban J connectivity index is 2.51. The third-order valence-corrected chi connectivity index (χ3v) is 3.09. The van der Waals surface area contributed by atoms with Crippen molar-refractivity contribution in [2.45, 2.75) is 33.1 Å². The van der Waals surface area contributed by atoms with E-state index in [0.717, 1.165) is 32.5 Å². The quantitative estimate of drug-likeness (QED) is 0.791. The van der Waals surface area contributed by atoms with Crippen LogP contribution in [0.4, 0.5) is 4.79 Å². The number of hydrogen-bond acceptors (Lipinski definition) is 2. The van der Waals surface area contributed by atoms with Crippen LogP contribution in [-0.2, 0) is 0 Å². The van der Waals surface area contributed by atoms with Crippen LogP contribution in [0.25, 0.3) is 0 Å². The van der Waals surface area contributed by atoms with E-state index in [1.807, 2.05) is 9.80 Å². The largest absolute Gasteiger partial charge is 0.329 e. The first-order chi connectivity index (χ1) is 7.69. The average molecular weight is 227 g/mol. The van der Waals surface area contributed by atoms with Gasteiger partial charge < -0.3 is 15.5 Å². The van der Waals surface area contributed by atoms with Crippen molar-refractivity contribution >= 4 is 6.03 Å². The minimum atomic E-state index is 0.179. The zero-order valence-electron chi connectivity index (χ0n) is 10.6. The number of amides is 2. The van der Waals surface area contributed by atoms with Crippen molar-refractivity contribution in [3.8, 4) is 0 Å². The Kier molecular flexibility index (Phi) is 5.60. The number of nitrogens with zero attached hydrogens (tertiary/aromatic N) is 2. The Bertz CT molecular complexity index is 208. The number of hydrogen-bond donors (Lipinski definition) is 1. The molecule has 0 aromatic heterocycles. The summed E-state index contributed by atoms with van der Waals surface area (Å²) in [5.74, 6) is 0.638. The molecule has 1 aliphatic rings. The fourth-order valence-electron chi connectivity index (χ4n) is 2.29. The van der Waals surface area contributed by atoms with Crippen LogP contribution in [0.3, 0.4) is 0 Å². The molecule has 0 aliphatic carbocycles. The molecule has 16 heavy (non-hydrogen) atoms. The first-order valence-corrected chi connectivity index (χ1v) is 6.43. The van der Waals surface area contributed by atoms with Crippen LogP contribution >= 0.6 is 0 Å². The lowest BCUT2D eigenvalue weighted by Gasteiger charge is -2.35. The molecule has 2 amide bonds. The number of carbonyl (C=O) groups excluding carboxylic acids is 1. The van der Waals surface area contributed by atoms with Gasteiger partial charge in [-0.25, -0.2) is 4.79 Å². The van der Waals surface area contributed by atoms with E-state index in [-0.39, 0.29) is 6.03 Å². The first-order valence-electron chi connectivity index (χ1n) is 6.43. The predicted octanol–water partition coefficient (Wildman–Crippen LogP) is 1.51. The molecule has 2 N–H and O–H groups in total. The second kappa shape index (κ2) is 6.74. The zero-order chi connectivity index (χ0) is 12.0. The molecule has 1 heterocycles. The molecule has 1 unspecified atom stereocenters. The highest BCUT2D eigenvalue weighted by atomic mass is 16.2. The summed E-state index contributed by atoms with van der Waals surface area (Å²) < 4.78 is 0. The summed E-state index contributed by atoms with van der Waals surface area (Å²) in [7, 11) is 0. The van der Waals surface area contributed by atoms with E-state index in [9.17, 15) is 4.79 Å². The Morgan fingerprint density at radius 1 is 1.50 bits per heavy atom. The maximum absolute atomic E-state index is 12.2. The Hall–Kier alpha value is -0.770. The van der Waals surface area contributed by atoms with Gasteiger partial charge in [-0.2, -0.15) is 0 Å². The highest BCUT2D eigenvalue weighted by Gasteiger charge is 2.24. The number of piperidine rings is 1. The third-order valence-electron chi connectivity index (χ3n) is 3.09. The number of rotatable bonds is 4. The van der Waals surface area contributed by atoms with Gasteiger partial charge in [0.05, 0.1) is 0 Å². The van der Waals surface area contributed by atoms with Crippen LogP contribution < -0.4 is 5.73 Å². The van der Waals surface area contributed by atoms with Gasteiger partial charge in [0.1, 0.15) is 0 Å². The van der Waals surface area contributed by atoms with Gasteiger partial charge in [-0.05, 0) is 25.2 Å². The van der Waals surface area contributed by atoms with Gasteiger partial charge in [-0.1, -0.05) is 13.8 Å². The van der Waals surface area contributed by atoms with Gasteiger partial charge in [0.15, 0.2) is 0 Å². The summed E-state index contributed by atoms with van der Waals surface area (Å²) in [6.07, 6.45) is 3.37. The van der Waals surface area contributed by atoms with E-state index in [2.05, 4.69) is 13.8 Å². The molecule has 1 fully saturated rings. The molecule has 0 spiro atoms. The van der Waals surface area contributed by atoms with Gasteiger partial charge >= 0.3 is 6.03 Å². The van der Waals surface area contributed by atoms with Gasteiger partial charge in [-0.3, -0.25) is 0 Å². The maximum Gasteiger partial charge on any atom is 0.320 e. The van der Waals surface area contributed by atoms with Crippen molar-refractivity contribution in [3.05, 3.63) is 0 Å². The highest BCUT2D eigenvalue weighted by molar-refractivity contribution is 5.74. The SMILES string of the molecule is CCCN(CCN)C(=O)N1CCCC(C)C1. The molecular formula is C12H25N3O. The van der Waals surface area contributed by atoms with Gasteiger partial charge in [-0.15, -0.1) is 0 Å². The lowest BCUT2D eigenvalue weighted by atomic mass is 10.0. The van der Waals surface area contributed by atoms with Crippen LogP contribution in [0.5, 0.6) is 0 Å². The number of likely N-dealkylation sites (tertiary alicyclic amines) is 1. The first kappa shape index (κ1) is 13.3. The van der Waals surface area contributed by atoms with Crippen LogP contribution in [0.2, 0.25) is 0 Å². The number of carbonyl (C=O) groups is 1. The number of nitrogens with two attached hydrogens (primary N) is 1. The fraction of sp³-hybridized carbons (Fsp3) is 0.917. The summed E-state index contributed by atoms with van der Waals surface area (Å²) in [5, 5.41) is 0. The van der Waals surface area contributed by atoms with E-state index in [1.165, 1.54) is 6.42 Å². The molecule has 0 bridgehead atoms. The standard InChI is InChI=1S/C12H25N3O/c1-3-7-14(9-6-13)12(16)15-8-4-5-11(2)10-15/h11H,3-10,13H2,1-2H3. The molecule has 0 saturated carbocycles. The van der Waals surface area contributed by atoms with Gasteiger partial charge in [0.2, 0.25) is 0 Å². The molecule has 0 radical (unpaired) electrons. The van der Waals surface area contributed by atoms with E-state index in [1.54, 1.807) is 0 Å². The van der Waals surface area contributed by atoms with Crippen LogP contribution in [-0.4, -0.2) is 48.6 Å². The Labute approximate surface area is 98.8 Å². The lowest BCUT2D eigenvalue weighted by molar-refractivity contribution is 0.132. The van der Waals surface area contributed by atoms with Crippen molar-refractivity contribution in [1.82, 2.24) is 9.80 Å². The Morgan fingerprint density at radius 2 is 2.25 bits per heavy atom. The molecule has 4 heteroatoms. The van der Waals surface area contributed by atoms with Crippen LogP contribution in [0.15, 0.2) is 0 Å². The molecule has 1 saturated heterocycles. The molecule has 4 nitrogen and oxygen atoms in total. The smallest absolute Gasteiger partial charge is 0.320 e. The second-order valence-corrected chi connectivity index (χ2v) is 4.75. The molecular weight excluding hydrogens is 202 g/mol. The summed E-state index contributed by atoms with van der Waals surface area (Å²) >= 11 is 0. The van der Waals surface area contributed by atoms with E-state index < -0.39 is 0 Å². The highest BCUT2D eigenvalue weighted by Crippen LogP contribution is 2.16. The molecule has 1 atom stereocenters. The normalized spacial score (nSPS) is 20.9. The third kappa shape index (κ3) is 3.67. The predicted molar refractivity (Wildman–Crippen MR) is 66.3 cm³/mol. The van der Waals surface area contributed by atoms with Gasteiger partial charge in [0.25, 0.3) is 0 Å². The van der Waals surface area contributed by atoms with Crippen LogP contribution in [0, 0.1) is 5.92 Å². The van der Waals surface area contributed by atoms with Crippen molar-refractivity contribution in [2.24, 2.45) is 11.7 Å². The van der Waals surface area contributed by atoms with E-state index in [4.69, 9.17) is 5.73 Å². The zero-order valence-corrected chi connectivity index (χ0v) is 10.6. The fourth-order valence-corrected chi connectivity index (χ4v) is 2.29.